The zero-order chi connectivity index (χ0) is 22.8. The highest BCUT2D eigenvalue weighted by Gasteiger charge is 2.68. The van der Waals surface area contributed by atoms with Gasteiger partial charge in [-0.3, -0.25) is 4.79 Å². The van der Waals surface area contributed by atoms with Gasteiger partial charge in [0.25, 0.3) is 0 Å². The molecule has 4 saturated carbocycles. The molecular formula is C30H50O. The zero-order valence-corrected chi connectivity index (χ0v) is 21.9. The predicted molar refractivity (Wildman–Crippen MR) is 132 cm³/mol. The number of carbonyl (C=O) groups excluding carboxylic acids is 1. The molecule has 31 heavy (non-hydrogen) atoms. The summed E-state index contributed by atoms with van der Waals surface area (Å²) in [6.45, 7) is 19.5. The van der Waals surface area contributed by atoms with Crippen molar-refractivity contribution >= 4 is 5.78 Å². The lowest BCUT2D eigenvalue weighted by molar-refractivity contribution is -0.167. The van der Waals surface area contributed by atoms with Crippen molar-refractivity contribution in [1.82, 2.24) is 0 Å². The molecule has 1 nitrogen and oxygen atoms in total. The molecule has 0 aromatic carbocycles. The van der Waals surface area contributed by atoms with Crippen molar-refractivity contribution < 1.29 is 4.79 Å². The predicted octanol–water partition coefficient (Wildman–Crippen LogP) is 8.62. The number of allylic oxidation sites excluding steroid dienone is 2. The molecule has 0 amide bonds. The Hall–Kier alpha value is -0.590. The van der Waals surface area contributed by atoms with Crippen LogP contribution in [0.5, 0.6) is 0 Å². The first kappa shape index (κ1) is 23.6. The van der Waals surface area contributed by atoms with Crippen LogP contribution in [0.2, 0.25) is 0 Å². The van der Waals surface area contributed by atoms with Crippen molar-refractivity contribution in [3.05, 3.63) is 11.1 Å². The normalized spacial score (nSPS) is 45.5. The van der Waals surface area contributed by atoms with E-state index in [1.54, 1.807) is 5.57 Å². The lowest BCUT2D eigenvalue weighted by Gasteiger charge is -2.62. The molecular weight excluding hydrogens is 376 g/mol. The molecule has 4 fully saturated rings. The van der Waals surface area contributed by atoms with Gasteiger partial charge in [0.15, 0.2) is 0 Å². The maximum absolute atomic E-state index is 14.0. The second-order valence-electron chi connectivity index (χ2n) is 13.7. The van der Waals surface area contributed by atoms with Crippen molar-refractivity contribution in [2.75, 3.05) is 0 Å². The van der Waals surface area contributed by atoms with Crippen LogP contribution in [-0.4, -0.2) is 5.78 Å². The molecule has 0 heterocycles. The Morgan fingerprint density at radius 2 is 1.68 bits per heavy atom. The first-order chi connectivity index (χ1) is 14.5. The third-order valence-electron chi connectivity index (χ3n) is 11.6. The molecule has 8 atom stereocenters. The van der Waals surface area contributed by atoms with Crippen LogP contribution < -0.4 is 0 Å². The molecule has 0 aromatic heterocycles. The number of Topliss-reactive ketones (excluding diaryl/α,β-unsaturated/α-hetero) is 1. The molecule has 0 bridgehead atoms. The molecule has 0 N–H and O–H groups in total. The molecule has 1 heteroatoms. The van der Waals surface area contributed by atoms with Gasteiger partial charge >= 0.3 is 0 Å². The van der Waals surface area contributed by atoms with Crippen LogP contribution >= 0.6 is 0 Å². The minimum atomic E-state index is 0.212. The number of ketones is 1. The van der Waals surface area contributed by atoms with E-state index in [0.717, 1.165) is 24.2 Å². The van der Waals surface area contributed by atoms with Gasteiger partial charge in [0.05, 0.1) is 0 Å². The van der Waals surface area contributed by atoms with Crippen molar-refractivity contribution in [1.29, 1.82) is 0 Å². The molecule has 0 radical (unpaired) electrons. The van der Waals surface area contributed by atoms with E-state index in [4.69, 9.17) is 0 Å². The van der Waals surface area contributed by atoms with Crippen LogP contribution in [0.3, 0.4) is 0 Å². The molecule has 4 aliphatic rings. The first-order valence-electron chi connectivity index (χ1n) is 13.6. The number of hydrogen-bond acceptors (Lipinski definition) is 1. The van der Waals surface area contributed by atoms with Gasteiger partial charge in [0.2, 0.25) is 0 Å². The van der Waals surface area contributed by atoms with Crippen LogP contribution in [0.1, 0.15) is 120 Å². The molecule has 0 aliphatic heterocycles. The molecule has 176 valence electrons. The Balaban J connectivity index is 1.61. The van der Waals surface area contributed by atoms with Crippen molar-refractivity contribution in [2.45, 2.75) is 120 Å². The second kappa shape index (κ2) is 8.02. The highest BCUT2D eigenvalue weighted by molar-refractivity contribution is 5.85. The fraction of sp³-hybridized carbons (Fsp3) is 0.900. The van der Waals surface area contributed by atoms with Crippen LogP contribution in [0, 0.1) is 51.8 Å². The minimum Gasteiger partial charge on any atom is -0.299 e. The molecule has 8 unspecified atom stereocenters. The highest BCUT2D eigenvalue weighted by Crippen LogP contribution is 2.73. The monoisotopic (exact) mass is 426 g/mol. The quantitative estimate of drug-likeness (QED) is 0.402. The Bertz CT molecular complexity index is 742. The van der Waals surface area contributed by atoms with E-state index >= 15 is 0 Å². The summed E-state index contributed by atoms with van der Waals surface area (Å²) in [5.74, 6) is 4.54. The van der Waals surface area contributed by atoms with Crippen molar-refractivity contribution in [2.24, 2.45) is 51.8 Å². The second-order valence-corrected chi connectivity index (χ2v) is 13.7. The fourth-order valence-corrected chi connectivity index (χ4v) is 9.73. The summed E-state index contributed by atoms with van der Waals surface area (Å²) in [7, 11) is 0. The van der Waals surface area contributed by atoms with Crippen molar-refractivity contribution in [3.63, 3.8) is 0 Å². The standard InChI is InChI=1S/C30H50O/c1-19(2)10-9-11-21(5)23-15-17-29(7)25-13-12-24-22(20(3)4)14-16-28(24,6)27(25)26(31)18-30(23,29)8/h19,21,23-25,27H,9-18H2,1-8H3. The summed E-state index contributed by atoms with van der Waals surface area (Å²) in [6.07, 6.45) is 12.7. The van der Waals surface area contributed by atoms with E-state index in [0.29, 0.717) is 29.0 Å². The highest BCUT2D eigenvalue weighted by atomic mass is 16.1. The maximum atomic E-state index is 14.0. The lowest BCUT2D eigenvalue weighted by Crippen LogP contribution is -2.59. The summed E-state index contributed by atoms with van der Waals surface area (Å²) < 4.78 is 0. The summed E-state index contributed by atoms with van der Waals surface area (Å²) >= 11 is 0. The van der Waals surface area contributed by atoms with Gasteiger partial charge < -0.3 is 0 Å². The Morgan fingerprint density at radius 3 is 2.32 bits per heavy atom. The smallest absolute Gasteiger partial charge is 0.137 e. The number of rotatable bonds is 5. The number of fused-ring (bicyclic) bond motifs is 5. The van der Waals surface area contributed by atoms with Gasteiger partial charge in [-0.15, -0.1) is 0 Å². The van der Waals surface area contributed by atoms with Crippen molar-refractivity contribution in [3.8, 4) is 0 Å². The Kier molecular flexibility index (Phi) is 6.09. The fourth-order valence-electron chi connectivity index (χ4n) is 9.73. The van der Waals surface area contributed by atoms with Gasteiger partial charge in [-0.25, -0.2) is 0 Å². The third-order valence-corrected chi connectivity index (χ3v) is 11.6. The van der Waals surface area contributed by atoms with Gasteiger partial charge in [-0.1, -0.05) is 72.0 Å². The average Bonchev–Trinajstić information content (AvgIpc) is 3.15. The van der Waals surface area contributed by atoms with Gasteiger partial charge in [-0.05, 0) is 98.2 Å². The summed E-state index contributed by atoms with van der Waals surface area (Å²) in [6, 6.07) is 0. The average molecular weight is 427 g/mol. The topological polar surface area (TPSA) is 17.1 Å². The van der Waals surface area contributed by atoms with E-state index in [2.05, 4.69) is 55.4 Å². The van der Waals surface area contributed by atoms with E-state index in [-0.39, 0.29) is 10.8 Å². The molecule has 0 saturated heterocycles. The number of carbonyl (C=O) groups is 1. The largest absolute Gasteiger partial charge is 0.299 e. The molecule has 0 spiro atoms. The van der Waals surface area contributed by atoms with E-state index in [9.17, 15) is 4.79 Å². The molecule has 0 aromatic rings. The maximum Gasteiger partial charge on any atom is 0.137 e. The number of hydrogen-bond donors (Lipinski definition) is 0. The summed E-state index contributed by atoms with van der Waals surface area (Å²) in [4.78, 5) is 14.0. The van der Waals surface area contributed by atoms with E-state index in [1.807, 2.05) is 0 Å². The third kappa shape index (κ3) is 3.42. The van der Waals surface area contributed by atoms with Gasteiger partial charge in [0, 0.05) is 12.3 Å². The zero-order valence-electron chi connectivity index (χ0n) is 21.9. The van der Waals surface area contributed by atoms with Crippen LogP contribution in [0.15, 0.2) is 11.1 Å². The van der Waals surface area contributed by atoms with E-state index in [1.165, 1.54) is 63.4 Å². The van der Waals surface area contributed by atoms with Crippen LogP contribution in [0.4, 0.5) is 0 Å². The molecule has 4 aliphatic carbocycles. The summed E-state index contributed by atoms with van der Waals surface area (Å²) in [5.41, 5.74) is 4.02. The van der Waals surface area contributed by atoms with Gasteiger partial charge in [-0.2, -0.15) is 0 Å². The Morgan fingerprint density at radius 1 is 0.968 bits per heavy atom. The van der Waals surface area contributed by atoms with E-state index < -0.39 is 0 Å². The first-order valence-corrected chi connectivity index (χ1v) is 13.6. The van der Waals surface area contributed by atoms with Gasteiger partial charge in [0.1, 0.15) is 5.78 Å². The lowest BCUT2D eigenvalue weighted by atomic mass is 9.41. The summed E-state index contributed by atoms with van der Waals surface area (Å²) in [5, 5.41) is 0. The van der Waals surface area contributed by atoms with Crippen LogP contribution in [-0.2, 0) is 4.79 Å². The Labute approximate surface area is 193 Å². The van der Waals surface area contributed by atoms with Crippen LogP contribution in [0.25, 0.3) is 0 Å². The minimum absolute atomic E-state index is 0.212. The molecule has 4 rings (SSSR count). The SMILES string of the molecule is CC(C)=C1CCC2(C)C1CCC1C2C(=O)CC2(C)C(C(C)CCCC(C)C)CCC12C.